The van der Waals surface area contributed by atoms with E-state index in [2.05, 4.69) is 44.8 Å². The van der Waals surface area contributed by atoms with Gasteiger partial charge in [-0.05, 0) is 6.42 Å². The predicted molar refractivity (Wildman–Crippen MR) is 75.4 cm³/mol. The number of furan rings is 1. The van der Waals surface area contributed by atoms with Crippen LogP contribution in [-0.4, -0.2) is 0 Å². The van der Waals surface area contributed by atoms with E-state index in [0.717, 1.165) is 30.1 Å². The second-order valence-electron chi connectivity index (χ2n) is 3.48. The monoisotopic (exact) mass is 262 g/mol. The molecule has 1 rings (SSSR count). The van der Waals surface area contributed by atoms with Gasteiger partial charge in [0.25, 0.3) is 0 Å². The summed E-state index contributed by atoms with van der Waals surface area (Å²) in [7, 11) is 0. The third-order valence-corrected chi connectivity index (χ3v) is 3.42. The van der Waals surface area contributed by atoms with Crippen LogP contribution in [0.25, 0.3) is 0 Å². The molecular weight excluding hydrogens is 244 g/mol. The molecule has 0 unspecified atom stereocenters. The van der Waals surface area contributed by atoms with Crippen molar-refractivity contribution in [3.8, 4) is 0 Å². The van der Waals surface area contributed by atoms with E-state index in [-0.39, 0.29) is 0 Å². The van der Waals surface area contributed by atoms with E-state index in [4.69, 9.17) is 4.42 Å². The van der Waals surface area contributed by atoms with E-state index < -0.39 is 0 Å². The summed E-state index contributed by atoms with van der Waals surface area (Å²) in [6.07, 6.45) is 3.34. The average Bonchev–Trinajstić information content (AvgIpc) is 2.62. The summed E-state index contributed by atoms with van der Waals surface area (Å²) in [6, 6.07) is 0. The van der Waals surface area contributed by atoms with Crippen LogP contribution < -0.4 is 0 Å². The molecule has 0 spiro atoms. The molecule has 0 aliphatic heterocycles. The summed E-state index contributed by atoms with van der Waals surface area (Å²) < 4.78 is 5.80. The second kappa shape index (κ2) is 6.81. The standard InChI is InChI=1S/C11H18OS3/c1-2-3-4-10-8(5-13)9(6-14)11(7-15)12-10/h13-15H,2-7H2,1H3. The maximum absolute atomic E-state index is 5.80. The molecular formula is C11H18OS3. The molecule has 0 fully saturated rings. The molecule has 4 heteroatoms. The van der Waals surface area contributed by atoms with Crippen molar-refractivity contribution >= 4 is 37.9 Å². The van der Waals surface area contributed by atoms with Gasteiger partial charge in [-0.1, -0.05) is 13.3 Å². The molecule has 1 nitrogen and oxygen atoms in total. The van der Waals surface area contributed by atoms with Crippen molar-refractivity contribution in [2.45, 2.75) is 43.4 Å². The lowest BCUT2D eigenvalue weighted by Gasteiger charge is -2.00. The third kappa shape index (κ3) is 3.14. The van der Waals surface area contributed by atoms with Gasteiger partial charge in [0.1, 0.15) is 11.5 Å². The summed E-state index contributed by atoms with van der Waals surface area (Å²) in [5, 5.41) is 0. The van der Waals surface area contributed by atoms with Crippen LogP contribution in [0.4, 0.5) is 0 Å². The lowest BCUT2D eigenvalue weighted by atomic mass is 10.1. The fraction of sp³-hybridized carbons (Fsp3) is 0.636. The number of aryl methyl sites for hydroxylation is 1. The highest BCUT2D eigenvalue weighted by molar-refractivity contribution is 7.80. The van der Waals surface area contributed by atoms with Gasteiger partial charge in [-0.15, -0.1) is 0 Å². The van der Waals surface area contributed by atoms with Gasteiger partial charge in [-0.3, -0.25) is 0 Å². The minimum Gasteiger partial charge on any atom is -0.465 e. The van der Waals surface area contributed by atoms with E-state index in [0.29, 0.717) is 11.5 Å². The van der Waals surface area contributed by atoms with Crippen LogP contribution in [0.1, 0.15) is 42.4 Å². The van der Waals surface area contributed by atoms with Gasteiger partial charge in [0.05, 0.1) is 0 Å². The van der Waals surface area contributed by atoms with Crippen molar-refractivity contribution in [2.75, 3.05) is 0 Å². The van der Waals surface area contributed by atoms with Gasteiger partial charge >= 0.3 is 0 Å². The van der Waals surface area contributed by atoms with Gasteiger partial charge in [-0.2, -0.15) is 37.9 Å². The molecule has 15 heavy (non-hydrogen) atoms. The zero-order valence-corrected chi connectivity index (χ0v) is 11.7. The Labute approximate surface area is 108 Å². The molecule has 86 valence electrons. The Kier molecular flexibility index (Phi) is 6.09. The molecule has 0 radical (unpaired) electrons. The number of unbranched alkanes of at least 4 members (excludes halogenated alkanes) is 1. The maximum Gasteiger partial charge on any atom is 0.118 e. The van der Waals surface area contributed by atoms with Crippen LogP contribution >= 0.6 is 37.9 Å². The molecule has 0 bridgehead atoms. The lowest BCUT2D eigenvalue weighted by Crippen LogP contribution is -1.90. The molecule has 0 aliphatic carbocycles. The second-order valence-corrected chi connectivity index (χ2v) is 4.43. The maximum atomic E-state index is 5.80. The first kappa shape index (κ1) is 13.4. The first-order valence-corrected chi connectivity index (χ1v) is 7.13. The number of hydrogen-bond acceptors (Lipinski definition) is 4. The van der Waals surface area contributed by atoms with Gasteiger partial charge in [0.2, 0.25) is 0 Å². The molecule has 0 amide bonds. The molecule has 0 aliphatic rings. The number of hydrogen-bond donors (Lipinski definition) is 3. The Morgan fingerprint density at radius 3 is 2.00 bits per heavy atom. The van der Waals surface area contributed by atoms with Gasteiger partial charge in [0, 0.05) is 34.8 Å². The van der Waals surface area contributed by atoms with Crippen LogP contribution in [0.15, 0.2) is 4.42 Å². The van der Waals surface area contributed by atoms with Crippen LogP contribution in [0.3, 0.4) is 0 Å². The third-order valence-electron chi connectivity index (χ3n) is 2.50. The zero-order valence-electron chi connectivity index (χ0n) is 8.99. The van der Waals surface area contributed by atoms with Crippen LogP contribution in [0, 0.1) is 0 Å². The zero-order chi connectivity index (χ0) is 11.3. The van der Waals surface area contributed by atoms with Crippen molar-refractivity contribution < 1.29 is 4.42 Å². The average molecular weight is 262 g/mol. The molecule has 0 atom stereocenters. The topological polar surface area (TPSA) is 13.1 Å². The molecule has 0 aromatic carbocycles. The highest BCUT2D eigenvalue weighted by Gasteiger charge is 2.16. The van der Waals surface area contributed by atoms with E-state index in [1.54, 1.807) is 0 Å². The normalized spacial score (nSPS) is 10.9. The summed E-state index contributed by atoms with van der Waals surface area (Å²) in [5.41, 5.74) is 2.42. The molecule has 1 aromatic heterocycles. The summed E-state index contributed by atoms with van der Waals surface area (Å²) in [6.45, 7) is 2.18. The smallest absolute Gasteiger partial charge is 0.118 e. The van der Waals surface area contributed by atoms with Crippen LogP contribution in [-0.2, 0) is 23.7 Å². The van der Waals surface area contributed by atoms with Gasteiger partial charge < -0.3 is 4.42 Å². The van der Waals surface area contributed by atoms with Gasteiger partial charge in [-0.25, -0.2) is 0 Å². The van der Waals surface area contributed by atoms with E-state index in [1.807, 2.05) is 0 Å². The highest BCUT2D eigenvalue weighted by atomic mass is 32.1. The van der Waals surface area contributed by atoms with Crippen LogP contribution in [0.2, 0.25) is 0 Å². The largest absolute Gasteiger partial charge is 0.465 e. The predicted octanol–water partition coefficient (Wildman–Crippen LogP) is 3.91. The minimum absolute atomic E-state index is 0.642. The van der Waals surface area contributed by atoms with Crippen molar-refractivity contribution in [3.05, 3.63) is 22.6 Å². The Morgan fingerprint density at radius 1 is 0.933 bits per heavy atom. The van der Waals surface area contributed by atoms with Gasteiger partial charge in [0.15, 0.2) is 0 Å². The Balaban J connectivity index is 2.98. The van der Waals surface area contributed by atoms with Crippen molar-refractivity contribution in [1.82, 2.24) is 0 Å². The Bertz CT molecular complexity index is 307. The number of rotatable bonds is 6. The minimum atomic E-state index is 0.642. The first-order chi connectivity index (χ1) is 7.28. The molecule has 1 heterocycles. The summed E-state index contributed by atoms with van der Waals surface area (Å²) in [5.74, 6) is 4.12. The van der Waals surface area contributed by atoms with Crippen LogP contribution in [0.5, 0.6) is 0 Å². The van der Waals surface area contributed by atoms with Crippen molar-refractivity contribution in [3.63, 3.8) is 0 Å². The molecule has 0 N–H and O–H groups in total. The van der Waals surface area contributed by atoms with E-state index >= 15 is 0 Å². The summed E-state index contributed by atoms with van der Waals surface area (Å²) >= 11 is 13.0. The first-order valence-electron chi connectivity index (χ1n) is 5.23. The fourth-order valence-corrected chi connectivity index (χ4v) is 2.63. The molecule has 1 aromatic rings. The van der Waals surface area contributed by atoms with Crippen molar-refractivity contribution in [1.29, 1.82) is 0 Å². The highest BCUT2D eigenvalue weighted by Crippen LogP contribution is 2.28. The van der Waals surface area contributed by atoms with Crippen molar-refractivity contribution in [2.24, 2.45) is 0 Å². The lowest BCUT2D eigenvalue weighted by molar-refractivity contribution is 0.470. The molecule has 0 saturated carbocycles. The quantitative estimate of drug-likeness (QED) is 0.661. The van der Waals surface area contributed by atoms with E-state index in [9.17, 15) is 0 Å². The fourth-order valence-electron chi connectivity index (χ4n) is 1.64. The Morgan fingerprint density at radius 2 is 1.53 bits per heavy atom. The van der Waals surface area contributed by atoms with E-state index in [1.165, 1.54) is 17.5 Å². The summed E-state index contributed by atoms with van der Waals surface area (Å²) in [4.78, 5) is 0. The molecule has 0 saturated heterocycles. The SMILES string of the molecule is CCCCc1oc(CS)c(CS)c1CS. The number of thiol groups is 3. The Hall–Kier alpha value is 0.330.